The summed E-state index contributed by atoms with van der Waals surface area (Å²) in [6, 6.07) is 4.89. The summed E-state index contributed by atoms with van der Waals surface area (Å²) in [5, 5.41) is 8.77. The molecule has 0 saturated heterocycles. The van der Waals surface area contributed by atoms with Crippen molar-refractivity contribution in [2.24, 2.45) is 5.41 Å². The van der Waals surface area contributed by atoms with Crippen LogP contribution in [0.5, 0.6) is 5.75 Å². The number of nitrogens with zero attached hydrogens (tertiary/aromatic N) is 1. The van der Waals surface area contributed by atoms with E-state index >= 15 is 0 Å². The quantitative estimate of drug-likeness (QED) is 0.639. The van der Waals surface area contributed by atoms with E-state index in [4.69, 9.17) is 14.7 Å². The topological polar surface area (TPSA) is 88.1 Å². The molecule has 3 rings (SSSR count). The summed E-state index contributed by atoms with van der Waals surface area (Å²) in [5.74, 6) is 0.0875. The molecule has 7 heteroatoms. The van der Waals surface area contributed by atoms with E-state index in [1.165, 1.54) is 0 Å². The number of carbonyl (C=O) groups excluding carboxylic acids is 2. The normalized spacial score (nSPS) is 21.4. The van der Waals surface area contributed by atoms with Crippen molar-refractivity contribution in [3.63, 3.8) is 0 Å². The van der Waals surface area contributed by atoms with Gasteiger partial charge in [-0.25, -0.2) is 5.48 Å². The van der Waals surface area contributed by atoms with Gasteiger partial charge < -0.3 is 14.4 Å². The summed E-state index contributed by atoms with van der Waals surface area (Å²) in [4.78, 5) is 26.6. The maximum absolute atomic E-state index is 13.2. The van der Waals surface area contributed by atoms with Crippen molar-refractivity contribution in [3.05, 3.63) is 29.3 Å². The first kappa shape index (κ1) is 17.7. The highest BCUT2D eigenvalue weighted by molar-refractivity contribution is 5.94. The monoisotopic (exact) mass is 348 g/mol. The van der Waals surface area contributed by atoms with Gasteiger partial charge >= 0.3 is 0 Å². The molecule has 0 radical (unpaired) electrons. The Labute approximate surface area is 146 Å². The van der Waals surface area contributed by atoms with Crippen LogP contribution in [0.3, 0.4) is 0 Å². The second-order valence-corrected chi connectivity index (χ2v) is 6.92. The number of nitrogens with one attached hydrogen (secondary N) is 1. The Morgan fingerprint density at radius 2 is 2.20 bits per heavy atom. The van der Waals surface area contributed by atoms with Gasteiger partial charge in [0, 0.05) is 24.8 Å². The number of hydrogen-bond acceptors (Lipinski definition) is 5. The Hall–Kier alpha value is -2.12. The third kappa shape index (κ3) is 3.21. The SMILES string of the molecule is COCC1(C(=O)N2Cc3ccc(C(=O)NO)cc3OCC2C)CCC1. The van der Waals surface area contributed by atoms with E-state index in [9.17, 15) is 9.59 Å². The number of amides is 2. The lowest BCUT2D eigenvalue weighted by molar-refractivity contribution is -0.155. The van der Waals surface area contributed by atoms with Crippen molar-refractivity contribution in [1.82, 2.24) is 10.4 Å². The smallest absolute Gasteiger partial charge is 0.274 e. The number of hydrogen-bond donors (Lipinski definition) is 2. The second-order valence-electron chi connectivity index (χ2n) is 6.92. The van der Waals surface area contributed by atoms with Crippen molar-refractivity contribution in [3.8, 4) is 5.75 Å². The second kappa shape index (κ2) is 7.01. The highest BCUT2D eigenvalue weighted by Gasteiger charge is 2.47. The molecule has 1 aliphatic carbocycles. The number of hydroxylamine groups is 1. The number of ether oxygens (including phenoxy) is 2. The molecule has 2 N–H and O–H groups in total. The zero-order valence-corrected chi connectivity index (χ0v) is 14.6. The van der Waals surface area contributed by atoms with E-state index < -0.39 is 11.3 Å². The molecule has 0 bridgehead atoms. The molecule has 1 fully saturated rings. The number of rotatable bonds is 4. The zero-order chi connectivity index (χ0) is 18.0. The molecule has 1 atom stereocenters. The molecule has 1 aromatic carbocycles. The van der Waals surface area contributed by atoms with Crippen LogP contribution in [0.1, 0.15) is 42.1 Å². The van der Waals surface area contributed by atoms with Crippen LogP contribution < -0.4 is 10.2 Å². The summed E-state index contributed by atoms with van der Waals surface area (Å²) in [5.41, 5.74) is 2.36. The molecule has 136 valence electrons. The highest BCUT2D eigenvalue weighted by atomic mass is 16.5. The van der Waals surface area contributed by atoms with Gasteiger partial charge in [-0.2, -0.15) is 0 Å². The third-order valence-corrected chi connectivity index (χ3v) is 5.23. The van der Waals surface area contributed by atoms with Crippen LogP contribution in [0.2, 0.25) is 0 Å². The molecular weight excluding hydrogens is 324 g/mol. The minimum Gasteiger partial charge on any atom is -0.491 e. The van der Waals surface area contributed by atoms with Crippen LogP contribution in [0.25, 0.3) is 0 Å². The van der Waals surface area contributed by atoms with Gasteiger partial charge in [-0.1, -0.05) is 12.5 Å². The van der Waals surface area contributed by atoms with Crippen LogP contribution in [0, 0.1) is 5.41 Å². The number of carbonyl (C=O) groups is 2. The molecule has 1 saturated carbocycles. The lowest BCUT2D eigenvalue weighted by atomic mass is 9.68. The van der Waals surface area contributed by atoms with Crippen molar-refractivity contribution in [1.29, 1.82) is 0 Å². The summed E-state index contributed by atoms with van der Waals surface area (Å²) in [6.45, 7) is 3.19. The van der Waals surface area contributed by atoms with Gasteiger partial charge in [-0.15, -0.1) is 0 Å². The highest BCUT2D eigenvalue weighted by Crippen LogP contribution is 2.44. The molecule has 0 aromatic heterocycles. The van der Waals surface area contributed by atoms with Crippen molar-refractivity contribution in [2.45, 2.75) is 38.8 Å². The largest absolute Gasteiger partial charge is 0.491 e. The van der Waals surface area contributed by atoms with Gasteiger partial charge in [-0.05, 0) is 31.9 Å². The number of methoxy groups -OCH3 is 1. The predicted molar refractivity (Wildman–Crippen MR) is 89.4 cm³/mol. The van der Waals surface area contributed by atoms with Crippen LogP contribution in [-0.2, 0) is 16.1 Å². The van der Waals surface area contributed by atoms with Crippen LogP contribution in [0.15, 0.2) is 18.2 Å². The van der Waals surface area contributed by atoms with Gasteiger partial charge in [0.05, 0.1) is 18.1 Å². The van der Waals surface area contributed by atoms with Gasteiger partial charge in [0.1, 0.15) is 12.4 Å². The Morgan fingerprint density at radius 3 is 2.80 bits per heavy atom. The summed E-state index contributed by atoms with van der Waals surface area (Å²) < 4.78 is 11.1. The van der Waals surface area contributed by atoms with Crippen LogP contribution >= 0.6 is 0 Å². The molecule has 2 aliphatic rings. The van der Waals surface area contributed by atoms with Gasteiger partial charge in [0.15, 0.2) is 0 Å². The Bertz CT molecular complexity index is 671. The number of fused-ring (bicyclic) bond motifs is 1. The lowest BCUT2D eigenvalue weighted by Crippen LogP contribution is -2.53. The molecule has 2 amide bonds. The lowest BCUT2D eigenvalue weighted by Gasteiger charge is -2.44. The predicted octanol–water partition coefficient (Wildman–Crippen LogP) is 1.73. The first-order chi connectivity index (χ1) is 12.0. The van der Waals surface area contributed by atoms with Crippen molar-refractivity contribution >= 4 is 11.8 Å². The maximum Gasteiger partial charge on any atom is 0.274 e. The van der Waals surface area contributed by atoms with Crippen molar-refractivity contribution in [2.75, 3.05) is 20.3 Å². The molecular formula is C18H24N2O5. The molecule has 7 nitrogen and oxygen atoms in total. The number of benzene rings is 1. The Balaban J connectivity index is 1.85. The molecule has 1 aromatic rings. The molecule has 1 aliphatic heterocycles. The Morgan fingerprint density at radius 1 is 1.44 bits per heavy atom. The molecule has 25 heavy (non-hydrogen) atoms. The molecule has 0 spiro atoms. The minimum absolute atomic E-state index is 0.0793. The van der Waals surface area contributed by atoms with E-state index in [0.717, 1.165) is 24.8 Å². The average Bonchev–Trinajstić information content (AvgIpc) is 2.75. The zero-order valence-electron chi connectivity index (χ0n) is 14.6. The van der Waals surface area contributed by atoms with E-state index in [2.05, 4.69) is 0 Å². The van der Waals surface area contributed by atoms with Gasteiger partial charge in [0.25, 0.3) is 5.91 Å². The Kier molecular flexibility index (Phi) is 4.96. The third-order valence-electron chi connectivity index (χ3n) is 5.23. The summed E-state index contributed by atoms with van der Waals surface area (Å²) >= 11 is 0. The van der Waals surface area contributed by atoms with E-state index in [1.807, 2.05) is 11.8 Å². The van der Waals surface area contributed by atoms with E-state index in [0.29, 0.717) is 31.1 Å². The van der Waals surface area contributed by atoms with Crippen LogP contribution in [0.4, 0.5) is 0 Å². The standard InChI is InChI=1S/C18H24N2O5/c1-12-10-25-15-8-13(16(21)19-23)4-5-14(15)9-20(12)17(22)18(11-24-2)6-3-7-18/h4-5,8,12,23H,3,6-7,9-11H2,1-2H3,(H,19,21). The van der Waals surface area contributed by atoms with Gasteiger partial charge in [0.2, 0.25) is 5.91 Å². The molecule has 1 heterocycles. The first-order valence-corrected chi connectivity index (χ1v) is 8.51. The summed E-state index contributed by atoms with van der Waals surface area (Å²) in [6.07, 6.45) is 2.75. The first-order valence-electron chi connectivity index (χ1n) is 8.51. The average molecular weight is 348 g/mol. The van der Waals surface area contributed by atoms with E-state index in [1.54, 1.807) is 30.8 Å². The molecule has 1 unspecified atom stereocenters. The van der Waals surface area contributed by atoms with Crippen molar-refractivity contribution < 1.29 is 24.3 Å². The summed E-state index contributed by atoms with van der Waals surface area (Å²) in [7, 11) is 1.63. The fourth-order valence-electron chi connectivity index (χ4n) is 3.54. The maximum atomic E-state index is 13.2. The fraction of sp³-hybridized carbons (Fsp3) is 0.556. The minimum atomic E-state index is -0.592. The van der Waals surface area contributed by atoms with Crippen LogP contribution in [-0.4, -0.2) is 48.3 Å². The van der Waals surface area contributed by atoms with E-state index in [-0.39, 0.29) is 11.9 Å². The fourth-order valence-corrected chi connectivity index (χ4v) is 3.54. The van der Waals surface area contributed by atoms with Gasteiger partial charge in [-0.3, -0.25) is 14.8 Å².